The first kappa shape index (κ1) is 18.7. The molecular formula is C22H23N5O2. The van der Waals surface area contributed by atoms with E-state index < -0.39 is 0 Å². The van der Waals surface area contributed by atoms with Gasteiger partial charge in [0, 0.05) is 61.6 Å². The molecule has 1 aliphatic heterocycles. The van der Waals surface area contributed by atoms with E-state index in [9.17, 15) is 4.79 Å². The van der Waals surface area contributed by atoms with Crippen LogP contribution in [0.5, 0.6) is 5.75 Å². The number of nitrogens with zero attached hydrogens (tertiary/aromatic N) is 4. The van der Waals surface area contributed by atoms with Crippen LogP contribution in [0.15, 0.2) is 67.0 Å². The quantitative estimate of drug-likeness (QED) is 0.723. The fraction of sp³-hybridized carbons (Fsp3) is 0.227. The van der Waals surface area contributed by atoms with Gasteiger partial charge >= 0.3 is 0 Å². The third-order valence-electron chi connectivity index (χ3n) is 4.92. The first-order chi connectivity index (χ1) is 14.2. The number of carbonyl (C=O) groups is 1. The lowest BCUT2D eigenvalue weighted by molar-refractivity contribution is 0.0747. The van der Waals surface area contributed by atoms with Crippen LogP contribution >= 0.6 is 0 Å². The average Bonchev–Trinajstić information content (AvgIpc) is 2.79. The molecular weight excluding hydrogens is 366 g/mol. The Labute approximate surface area is 170 Å². The zero-order chi connectivity index (χ0) is 20.1. The highest BCUT2D eigenvalue weighted by atomic mass is 16.5. The standard InChI is InChI=1S/C22H23N5O2/c1-29-20-8-3-7-19(16-20)26-11-13-27(14-12-26)21(28)17-5-2-6-18(15-17)25-22-23-9-4-10-24-22/h2-10,15-16H,11-14H2,1H3,(H,23,24,25). The summed E-state index contributed by atoms with van der Waals surface area (Å²) in [5, 5.41) is 3.13. The monoisotopic (exact) mass is 389 g/mol. The number of piperazine rings is 1. The Balaban J connectivity index is 1.40. The van der Waals surface area contributed by atoms with Gasteiger partial charge in [-0.05, 0) is 36.4 Å². The van der Waals surface area contributed by atoms with Crippen molar-refractivity contribution < 1.29 is 9.53 Å². The number of hydrogen-bond donors (Lipinski definition) is 1. The van der Waals surface area contributed by atoms with Crippen LogP contribution in [0.25, 0.3) is 0 Å². The Hall–Kier alpha value is -3.61. The molecule has 1 saturated heterocycles. The van der Waals surface area contributed by atoms with E-state index in [4.69, 9.17) is 4.74 Å². The molecule has 7 nitrogen and oxygen atoms in total. The predicted octanol–water partition coefficient (Wildman–Crippen LogP) is 3.19. The van der Waals surface area contributed by atoms with Crippen LogP contribution in [-0.4, -0.2) is 54.1 Å². The molecule has 29 heavy (non-hydrogen) atoms. The van der Waals surface area contributed by atoms with Gasteiger partial charge in [0.25, 0.3) is 5.91 Å². The second-order valence-corrected chi connectivity index (χ2v) is 6.76. The van der Waals surface area contributed by atoms with E-state index >= 15 is 0 Å². The Bertz CT molecular complexity index is 972. The number of nitrogens with one attached hydrogen (secondary N) is 1. The van der Waals surface area contributed by atoms with Crippen LogP contribution in [0.1, 0.15) is 10.4 Å². The zero-order valence-corrected chi connectivity index (χ0v) is 16.3. The number of benzene rings is 2. The van der Waals surface area contributed by atoms with Crippen molar-refractivity contribution in [2.75, 3.05) is 43.5 Å². The zero-order valence-electron chi connectivity index (χ0n) is 16.3. The minimum Gasteiger partial charge on any atom is -0.497 e. The van der Waals surface area contributed by atoms with E-state index in [0.717, 1.165) is 30.2 Å². The highest BCUT2D eigenvalue weighted by Crippen LogP contribution is 2.23. The third-order valence-corrected chi connectivity index (χ3v) is 4.92. The molecule has 0 atom stereocenters. The molecule has 0 saturated carbocycles. The molecule has 0 unspecified atom stereocenters. The van der Waals surface area contributed by atoms with Crippen LogP contribution in [0.4, 0.5) is 17.3 Å². The van der Waals surface area contributed by atoms with Crippen LogP contribution < -0.4 is 15.0 Å². The van der Waals surface area contributed by atoms with Crippen molar-refractivity contribution in [3.05, 3.63) is 72.6 Å². The Morgan fingerprint density at radius 1 is 0.966 bits per heavy atom. The lowest BCUT2D eigenvalue weighted by Gasteiger charge is -2.36. The first-order valence-electron chi connectivity index (χ1n) is 9.55. The van der Waals surface area contributed by atoms with E-state index in [-0.39, 0.29) is 5.91 Å². The van der Waals surface area contributed by atoms with E-state index in [1.807, 2.05) is 47.4 Å². The molecule has 1 aromatic heterocycles. The molecule has 3 aromatic rings. The molecule has 1 N–H and O–H groups in total. The van der Waals surface area contributed by atoms with Gasteiger partial charge < -0.3 is 19.9 Å². The Morgan fingerprint density at radius 2 is 1.72 bits per heavy atom. The Kier molecular flexibility index (Phi) is 5.56. The van der Waals surface area contributed by atoms with Crippen LogP contribution in [0.2, 0.25) is 0 Å². The molecule has 2 heterocycles. The van der Waals surface area contributed by atoms with Gasteiger partial charge in [0.15, 0.2) is 0 Å². The fourth-order valence-electron chi connectivity index (χ4n) is 3.38. The molecule has 1 aliphatic rings. The summed E-state index contributed by atoms with van der Waals surface area (Å²) in [6.45, 7) is 2.92. The van der Waals surface area contributed by atoms with Crippen molar-refractivity contribution in [3.63, 3.8) is 0 Å². The fourth-order valence-corrected chi connectivity index (χ4v) is 3.38. The summed E-state index contributed by atoms with van der Waals surface area (Å²) in [5.41, 5.74) is 2.56. The highest BCUT2D eigenvalue weighted by Gasteiger charge is 2.22. The summed E-state index contributed by atoms with van der Waals surface area (Å²) < 4.78 is 5.31. The second-order valence-electron chi connectivity index (χ2n) is 6.76. The number of aromatic nitrogens is 2. The number of amides is 1. The summed E-state index contributed by atoms with van der Waals surface area (Å²) >= 11 is 0. The van der Waals surface area contributed by atoms with E-state index in [0.29, 0.717) is 24.6 Å². The van der Waals surface area contributed by atoms with E-state index in [1.54, 1.807) is 25.6 Å². The van der Waals surface area contributed by atoms with Gasteiger partial charge in [0.1, 0.15) is 5.75 Å². The summed E-state index contributed by atoms with van der Waals surface area (Å²) in [6.07, 6.45) is 3.35. The van der Waals surface area contributed by atoms with Crippen molar-refractivity contribution in [1.82, 2.24) is 14.9 Å². The number of carbonyl (C=O) groups excluding carboxylic acids is 1. The maximum atomic E-state index is 13.0. The van der Waals surface area contributed by atoms with Crippen LogP contribution in [-0.2, 0) is 0 Å². The first-order valence-corrected chi connectivity index (χ1v) is 9.55. The van der Waals surface area contributed by atoms with Crippen molar-refractivity contribution in [2.45, 2.75) is 0 Å². The van der Waals surface area contributed by atoms with E-state index in [1.165, 1.54) is 0 Å². The number of anilines is 3. The normalized spacial score (nSPS) is 13.8. The summed E-state index contributed by atoms with van der Waals surface area (Å²) in [7, 11) is 1.67. The molecule has 0 spiro atoms. The lowest BCUT2D eigenvalue weighted by atomic mass is 10.1. The summed E-state index contributed by atoms with van der Waals surface area (Å²) in [5.74, 6) is 1.38. The van der Waals surface area contributed by atoms with Gasteiger partial charge in [-0.25, -0.2) is 9.97 Å². The maximum Gasteiger partial charge on any atom is 0.254 e. The maximum absolute atomic E-state index is 13.0. The molecule has 1 fully saturated rings. The number of hydrogen-bond acceptors (Lipinski definition) is 6. The molecule has 0 radical (unpaired) electrons. The largest absolute Gasteiger partial charge is 0.497 e. The van der Waals surface area contributed by atoms with E-state index in [2.05, 4.69) is 26.3 Å². The molecule has 0 aliphatic carbocycles. The van der Waals surface area contributed by atoms with Gasteiger partial charge in [-0.2, -0.15) is 0 Å². The summed E-state index contributed by atoms with van der Waals surface area (Å²) in [6, 6.07) is 17.2. The van der Waals surface area contributed by atoms with Crippen LogP contribution in [0.3, 0.4) is 0 Å². The third kappa shape index (κ3) is 4.45. The SMILES string of the molecule is COc1cccc(N2CCN(C(=O)c3cccc(Nc4ncccn4)c3)CC2)c1. The molecule has 7 heteroatoms. The topological polar surface area (TPSA) is 70.6 Å². The smallest absolute Gasteiger partial charge is 0.254 e. The molecule has 2 aromatic carbocycles. The van der Waals surface area contributed by atoms with Gasteiger partial charge in [-0.3, -0.25) is 4.79 Å². The summed E-state index contributed by atoms with van der Waals surface area (Å²) in [4.78, 5) is 25.5. The molecule has 4 rings (SSSR count). The van der Waals surface area contributed by atoms with Crippen molar-refractivity contribution in [1.29, 1.82) is 0 Å². The Morgan fingerprint density at radius 3 is 2.48 bits per heavy atom. The van der Waals surface area contributed by atoms with Gasteiger partial charge in [0.2, 0.25) is 5.95 Å². The lowest BCUT2D eigenvalue weighted by Crippen LogP contribution is -2.48. The van der Waals surface area contributed by atoms with Crippen LogP contribution in [0, 0.1) is 0 Å². The molecule has 0 bridgehead atoms. The van der Waals surface area contributed by atoms with Crippen molar-refractivity contribution in [3.8, 4) is 5.75 Å². The second kappa shape index (κ2) is 8.60. The predicted molar refractivity (Wildman–Crippen MR) is 113 cm³/mol. The minimum absolute atomic E-state index is 0.0351. The van der Waals surface area contributed by atoms with Gasteiger partial charge in [0.05, 0.1) is 7.11 Å². The highest BCUT2D eigenvalue weighted by molar-refractivity contribution is 5.95. The number of rotatable bonds is 5. The minimum atomic E-state index is 0.0351. The van der Waals surface area contributed by atoms with Crippen molar-refractivity contribution in [2.24, 2.45) is 0 Å². The molecule has 148 valence electrons. The van der Waals surface area contributed by atoms with Gasteiger partial charge in [-0.1, -0.05) is 12.1 Å². The average molecular weight is 389 g/mol. The number of ether oxygens (including phenoxy) is 1. The van der Waals surface area contributed by atoms with Crippen molar-refractivity contribution >= 4 is 23.2 Å². The number of methoxy groups -OCH3 is 1. The molecule has 1 amide bonds. The van der Waals surface area contributed by atoms with Gasteiger partial charge in [-0.15, -0.1) is 0 Å².